The van der Waals surface area contributed by atoms with Crippen LogP contribution in [-0.4, -0.2) is 29.0 Å². The molecule has 1 fully saturated rings. The normalized spacial score (nSPS) is 19.2. The molecule has 1 saturated heterocycles. The van der Waals surface area contributed by atoms with Crippen molar-refractivity contribution >= 4 is 29.1 Å². The van der Waals surface area contributed by atoms with Crippen LogP contribution in [0.3, 0.4) is 0 Å². The van der Waals surface area contributed by atoms with E-state index in [1.54, 1.807) is 18.2 Å². The lowest BCUT2D eigenvalue weighted by atomic mass is 9.69. The molecule has 0 spiro atoms. The fourth-order valence-corrected chi connectivity index (χ4v) is 4.53. The third-order valence-corrected chi connectivity index (χ3v) is 6.41. The minimum Gasteiger partial charge on any atom is -0.508 e. The van der Waals surface area contributed by atoms with Crippen LogP contribution in [0.25, 0.3) is 0 Å². The van der Waals surface area contributed by atoms with E-state index >= 15 is 0 Å². The number of piperidine rings is 1. The van der Waals surface area contributed by atoms with Gasteiger partial charge >= 0.3 is 0 Å². The number of aromatic hydroxyl groups is 1. The van der Waals surface area contributed by atoms with E-state index in [-0.39, 0.29) is 11.7 Å². The second kappa shape index (κ2) is 8.10. The van der Waals surface area contributed by atoms with Crippen molar-refractivity contribution in [1.82, 2.24) is 4.90 Å². The van der Waals surface area contributed by atoms with E-state index in [0.717, 1.165) is 24.0 Å². The van der Waals surface area contributed by atoms with E-state index in [1.807, 2.05) is 59.5 Å². The molecule has 29 heavy (non-hydrogen) atoms. The average Bonchev–Trinajstić information content (AvgIpc) is 2.75. The summed E-state index contributed by atoms with van der Waals surface area (Å²) in [7, 11) is 0. The van der Waals surface area contributed by atoms with Crippen molar-refractivity contribution in [3.05, 3.63) is 99.5 Å². The van der Waals surface area contributed by atoms with Gasteiger partial charge in [-0.1, -0.05) is 59.6 Å². The van der Waals surface area contributed by atoms with E-state index in [2.05, 4.69) is 0 Å². The summed E-state index contributed by atoms with van der Waals surface area (Å²) in [5.74, 6) is 0.211. The lowest BCUT2D eigenvalue weighted by molar-refractivity contribution is 0.0666. The number of phenolic OH excluding ortho intramolecular Hbond substituents is 1. The van der Waals surface area contributed by atoms with Gasteiger partial charge in [0.05, 0.1) is 10.0 Å². The van der Waals surface area contributed by atoms with Gasteiger partial charge in [-0.3, -0.25) is 4.79 Å². The van der Waals surface area contributed by atoms with Crippen molar-refractivity contribution in [1.29, 1.82) is 0 Å². The smallest absolute Gasteiger partial charge is 0.253 e. The molecule has 3 nitrogen and oxygen atoms in total. The van der Waals surface area contributed by atoms with Gasteiger partial charge in [-0.15, -0.1) is 0 Å². The van der Waals surface area contributed by atoms with Crippen LogP contribution in [0.2, 0.25) is 10.0 Å². The van der Waals surface area contributed by atoms with Crippen LogP contribution >= 0.6 is 23.2 Å². The van der Waals surface area contributed by atoms with Crippen molar-refractivity contribution in [2.45, 2.75) is 18.3 Å². The molecule has 1 heterocycles. The maximum absolute atomic E-state index is 13.2. The summed E-state index contributed by atoms with van der Waals surface area (Å²) in [4.78, 5) is 15.1. The number of likely N-dealkylation sites (tertiary alicyclic amines) is 1. The Morgan fingerprint density at radius 2 is 1.66 bits per heavy atom. The molecule has 0 aromatic heterocycles. The number of carbonyl (C=O) groups is 1. The molecule has 5 heteroatoms. The molecule has 1 aliphatic rings. The molecule has 1 atom stereocenters. The standard InChI is InChI=1S/C24H21Cl2NO2/c25-21-11-10-19(15-22(21)26)24(18-8-4-9-20(28)14-18)12-5-13-27(16-24)23(29)17-6-2-1-3-7-17/h1-4,6-11,14-15,28H,5,12-13,16H2. The van der Waals surface area contributed by atoms with Crippen LogP contribution in [0.15, 0.2) is 72.8 Å². The first kappa shape index (κ1) is 19.8. The van der Waals surface area contributed by atoms with Gasteiger partial charge in [0.2, 0.25) is 0 Å². The zero-order valence-electron chi connectivity index (χ0n) is 15.8. The summed E-state index contributed by atoms with van der Waals surface area (Å²) in [6.45, 7) is 1.19. The number of nitrogens with zero attached hydrogens (tertiary/aromatic N) is 1. The predicted octanol–water partition coefficient (Wildman–Crippen LogP) is 5.92. The number of rotatable bonds is 3. The van der Waals surface area contributed by atoms with Crippen LogP contribution in [0.1, 0.15) is 34.3 Å². The highest BCUT2D eigenvalue weighted by atomic mass is 35.5. The van der Waals surface area contributed by atoms with Crippen molar-refractivity contribution in [2.75, 3.05) is 13.1 Å². The minimum absolute atomic E-state index is 0.00916. The summed E-state index contributed by atoms with van der Waals surface area (Å²) in [6, 6.07) is 22.2. The summed E-state index contributed by atoms with van der Waals surface area (Å²) in [5, 5.41) is 11.1. The van der Waals surface area contributed by atoms with E-state index in [9.17, 15) is 9.90 Å². The Labute approximate surface area is 180 Å². The van der Waals surface area contributed by atoms with Crippen molar-refractivity contribution in [3.8, 4) is 5.75 Å². The maximum Gasteiger partial charge on any atom is 0.253 e. The lowest BCUT2D eigenvalue weighted by Crippen LogP contribution is -2.49. The molecule has 148 valence electrons. The van der Waals surface area contributed by atoms with Gasteiger partial charge in [-0.25, -0.2) is 0 Å². The molecular formula is C24H21Cl2NO2. The van der Waals surface area contributed by atoms with Crippen LogP contribution < -0.4 is 0 Å². The van der Waals surface area contributed by atoms with Crippen LogP contribution in [0.4, 0.5) is 0 Å². The fourth-order valence-electron chi connectivity index (χ4n) is 4.23. The third kappa shape index (κ3) is 3.85. The Hall–Kier alpha value is -2.49. The summed E-state index contributed by atoms with van der Waals surface area (Å²) >= 11 is 12.5. The van der Waals surface area contributed by atoms with Crippen molar-refractivity contribution in [3.63, 3.8) is 0 Å². The number of hydrogen-bond acceptors (Lipinski definition) is 2. The number of phenols is 1. The van der Waals surface area contributed by atoms with E-state index < -0.39 is 5.41 Å². The van der Waals surface area contributed by atoms with Crippen LogP contribution in [0.5, 0.6) is 5.75 Å². The highest BCUT2D eigenvalue weighted by molar-refractivity contribution is 6.42. The summed E-state index contributed by atoms with van der Waals surface area (Å²) in [6.07, 6.45) is 1.68. The van der Waals surface area contributed by atoms with Gasteiger partial charge < -0.3 is 10.0 Å². The zero-order valence-corrected chi connectivity index (χ0v) is 17.3. The van der Waals surface area contributed by atoms with E-state index in [4.69, 9.17) is 23.2 Å². The first-order chi connectivity index (χ1) is 14.0. The number of amides is 1. The summed E-state index contributed by atoms with van der Waals surface area (Å²) in [5.41, 5.74) is 2.15. The maximum atomic E-state index is 13.2. The Kier molecular flexibility index (Phi) is 5.53. The summed E-state index contributed by atoms with van der Waals surface area (Å²) < 4.78 is 0. The SMILES string of the molecule is O=C(c1ccccc1)N1CCCC(c2cccc(O)c2)(c2ccc(Cl)c(Cl)c2)C1. The predicted molar refractivity (Wildman–Crippen MR) is 117 cm³/mol. The van der Waals surface area contributed by atoms with Crippen molar-refractivity contribution in [2.24, 2.45) is 0 Å². The number of halogens is 2. The molecule has 3 aromatic rings. The zero-order chi connectivity index (χ0) is 20.4. The van der Waals surface area contributed by atoms with Gasteiger partial charge in [0.1, 0.15) is 5.75 Å². The molecule has 3 aromatic carbocycles. The van der Waals surface area contributed by atoms with Crippen LogP contribution in [-0.2, 0) is 5.41 Å². The first-order valence-corrected chi connectivity index (χ1v) is 10.3. The van der Waals surface area contributed by atoms with Crippen LogP contribution in [0, 0.1) is 0 Å². The Bertz CT molecular complexity index is 1040. The van der Waals surface area contributed by atoms with Crippen molar-refractivity contribution < 1.29 is 9.90 Å². The molecule has 0 saturated carbocycles. The van der Waals surface area contributed by atoms with Gasteiger partial charge in [-0.2, -0.15) is 0 Å². The molecule has 4 rings (SSSR count). The molecule has 1 unspecified atom stereocenters. The minimum atomic E-state index is -0.477. The molecule has 1 amide bonds. The Morgan fingerprint density at radius 3 is 2.38 bits per heavy atom. The number of carbonyl (C=O) groups excluding carboxylic acids is 1. The second-order valence-corrected chi connectivity index (χ2v) is 8.27. The van der Waals surface area contributed by atoms with E-state index in [1.165, 1.54) is 0 Å². The number of hydrogen-bond donors (Lipinski definition) is 1. The number of benzene rings is 3. The molecular weight excluding hydrogens is 405 g/mol. The Morgan fingerprint density at radius 1 is 0.897 bits per heavy atom. The largest absolute Gasteiger partial charge is 0.508 e. The molecule has 0 radical (unpaired) electrons. The van der Waals surface area contributed by atoms with Gasteiger partial charge in [0, 0.05) is 24.1 Å². The highest BCUT2D eigenvalue weighted by Crippen LogP contribution is 2.43. The lowest BCUT2D eigenvalue weighted by Gasteiger charge is -2.44. The molecule has 1 N–H and O–H groups in total. The van der Waals surface area contributed by atoms with Gasteiger partial charge in [0.15, 0.2) is 0 Å². The third-order valence-electron chi connectivity index (χ3n) is 5.67. The average molecular weight is 426 g/mol. The first-order valence-electron chi connectivity index (χ1n) is 9.59. The molecule has 1 aliphatic heterocycles. The topological polar surface area (TPSA) is 40.5 Å². The molecule has 0 aliphatic carbocycles. The second-order valence-electron chi connectivity index (χ2n) is 7.46. The quantitative estimate of drug-likeness (QED) is 0.565. The van der Waals surface area contributed by atoms with E-state index in [0.29, 0.717) is 28.7 Å². The molecule has 0 bridgehead atoms. The monoisotopic (exact) mass is 425 g/mol. The van der Waals surface area contributed by atoms with Gasteiger partial charge in [-0.05, 0) is 60.4 Å². The highest BCUT2D eigenvalue weighted by Gasteiger charge is 2.40. The Balaban J connectivity index is 1.80. The van der Waals surface area contributed by atoms with Gasteiger partial charge in [0.25, 0.3) is 5.91 Å². The fraction of sp³-hybridized carbons (Fsp3) is 0.208.